The summed E-state index contributed by atoms with van der Waals surface area (Å²) in [7, 11) is 0. The van der Waals surface area contributed by atoms with E-state index in [1.807, 2.05) is 44.2 Å². The molecule has 162 valence electrons. The summed E-state index contributed by atoms with van der Waals surface area (Å²) < 4.78 is 53.6. The van der Waals surface area contributed by atoms with Crippen molar-refractivity contribution >= 4 is 22.9 Å². The van der Waals surface area contributed by atoms with Gasteiger partial charge in [0.2, 0.25) is 11.5 Å². The standard InChI is InChI=1S/C19H22F4N6O/c1-12(2)29-11-26-14-15(24-8-13-6-4-3-5-7-13)27-17(28-16(14)29)25-10-18(30,9-20)19(21,22)23/h3-7,11-12,30H,8-10H2,1-2H3,(H2,24,25,27,28). The molecular formula is C19H22F4N6O. The first-order valence-corrected chi connectivity index (χ1v) is 9.26. The van der Waals surface area contributed by atoms with Crippen LogP contribution in [0.2, 0.25) is 0 Å². The van der Waals surface area contributed by atoms with Gasteiger partial charge >= 0.3 is 6.18 Å². The number of nitrogens with zero attached hydrogens (tertiary/aromatic N) is 4. The molecular weight excluding hydrogens is 404 g/mol. The van der Waals surface area contributed by atoms with Crippen LogP contribution in [0.15, 0.2) is 36.7 Å². The van der Waals surface area contributed by atoms with Crippen molar-refractivity contribution in [3.63, 3.8) is 0 Å². The first-order valence-electron chi connectivity index (χ1n) is 9.26. The summed E-state index contributed by atoms with van der Waals surface area (Å²) in [6.45, 7) is 1.08. The molecule has 0 aliphatic rings. The number of aromatic nitrogens is 4. The normalized spacial score (nSPS) is 14.1. The van der Waals surface area contributed by atoms with Gasteiger partial charge in [-0.15, -0.1) is 0 Å². The number of benzene rings is 1. The molecule has 0 aliphatic carbocycles. The predicted molar refractivity (Wildman–Crippen MR) is 105 cm³/mol. The maximum absolute atomic E-state index is 13.0. The average molecular weight is 426 g/mol. The van der Waals surface area contributed by atoms with Gasteiger partial charge in [-0.1, -0.05) is 30.3 Å². The van der Waals surface area contributed by atoms with E-state index in [0.29, 0.717) is 23.5 Å². The summed E-state index contributed by atoms with van der Waals surface area (Å²) in [5, 5.41) is 15.0. The second-order valence-corrected chi connectivity index (χ2v) is 7.17. The van der Waals surface area contributed by atoms with Crippen molar-refractivity contribution in [2.24, 2.45) is 0 Å². The number of fused-ring (bicyclic) bond motifs is 1. The van der Waals surface area contributed by atoms with E-state index in [9.17, 15) is 22.7 Å². The quantitative estimate of drug-likeness (QED) is 0.476. The van der Waals surface area contributed by atoms with Crippen molar-refractivity contribution in [1.29, 1.82) is 0 Å². The van der Waals surface area contributed by atoms with Crippen molar-refractivity contribution < 1.29 is 22.7 Å². The van der Waals surface area contributed by atoms with Gasteiger partial charge in [-0.3, -0.25) is 0 Å². The lowest BCUT2D eigenvalue weighted by Crippen LogP contribution is -2.52. The van der Waals surface area contributed by atoms with Crippen LogP contribution in [0, 0.1) is 0 Å². The maximum Gasteiger partial charge on any atom is 0.421 e. The molecule has 1 unspecified atom stereocenters. The molecule has 30 heavy (non-hydrogen) atoms. The molecule has 0 saturated heterocycles. The van der Waals surface area contributed by atoms with Crippen LogP contribution in [0.3, 0.4) is 0 Å². The molecule has 2 aromatic heterocycles. The molecule has 0 spiro atoms. The van der Waals surface area contributed by atoms with E-state index in [2.05, 4.69) is 25.6 Å². The van der Waals surface area contributed by atoms with Gasteiger partial charge in [0.05, 0.1) is 12.9 Å². The zero-order chi connectivity index (χ0) is 21.9. The summed E-state index contributed by atoms with van der Waals surface area (Å²) in [6.07, 6.45) is -3.58. The van der Waals surface area contributed by atoms with Crippen LogP contribution < -0.4 is 10.6 Å². The summed E-state index contributed by atoms with van der Waals surface area (Å²) >= 11 is 0. The SMILES string of the molecule is CC(C)n1cnc2c(NCc3ccccc3)nc(NCC(O)(CF)C(F)(F)F)nc21. The number of hydrogen-bond donors (Lipinski definition) is 3. The lowest BCUT2D eigenvalue weighted by Gasteiger charge is -2.27. The van der Waals surface area contributed by atoms with Gasteiger partial charge in [0, 0.05) is 12.6 Å². The second kappa shape index (κ2) is 8.42. The molecule has 0 bridgehead atoms. The van der Waals surface area contributed by atoms with E-state index in [1.165, 1.54) is 0 Å². The van der Waals surface area contributed by atoms with Crippen molar-refractivity contribution in [3.8, 4) is 0 Å². The highest BCUT2D eigenvalue weighted by atomic mass is 19.4. The molecule has 0 aliphatic heterocycles. The molecule has 1 atom stereocenters. The molecule has 3 aromatic rings. The van der Waals surface area contributed by atoms with E-state index >= 15 is 0 Å². The molecule has 0 saturated carbocycles. The molecule has 7 nitrogen and oxygen atoms in total. The Morgan fingerprint density at radius 3 is 2.40 bits per heavy atom. The molecule has 2 heterocycles. The molecule has 1 aromatic carbocycles. The Morgan fingerprint density at radius 2 is 1.80 bits per heavy atom. The topological polar surface area (TPSA) is 87.9 Å². The maximum atomic E-state index is 13.0. The number of hydrogen-bond acceptors (Lipinski definition) is 6. The third-order valence-electron chi connectivity index (χ3n) is 4.57. The predicted octanol–water partition coefficient (Wildman–Crippen LogP) is 3.69. The van der Waals surface area contributed by atoms with Crippen LogP contribution in [0.4, 0.5) is 29.3 Å². The Kier molecular flexibility index (Phi) is 6.11. The first-order chi connectivity index (χ1) is 14.1. The molecule has 0 fully saturated rings. The van der Waals surface area contributed by atoms with Crippen LogP contribution in [0.1, 0.15) is 25.5 Å². The van der Waals surface area contributed by atoms with E-state index in [1.54, 1.807) is 10.9 Å². The number of anilines is 2. The fourth-order valence-electron chi connectivity index (χ4n) is 2.73. The van der Waals surface area contributed by atoms with Crippen LogP contribution in [0.25, 0.3) is 11.2 Å². The van der Waals surface area contributed by atoms with Gasteiger partial charge in [0.15, 0.2) is 17.0 Å². The monoisotopic (exact) mass is 426 g/mol. The molecule has 3 rings (SSSR count). The third-order valence-corrected chi connectivity index (χ3v) is 4.57. The van der Waals surface area contributed by atoms with Gasteiger partial charge in [-0.25, -0.2) is 9.37 Å². The van der Waals surface area contributed by atoms with Crippen molar-refractivity contribution in [3.05, 3.63) is 42.2 Å². The fourth-order valence-corrected chi connectivity index (χ4v) is 2.73. The van der Waals surface area contributed by atoms with Crippen LogP contribution in [0.5, 0.6) is 0 Å². The van der Waals surface area contributed by atoms with Gasteiger partial charge in [0.1, 0.15) is 6.67 Å². The fraction of sp³-hybridized carbons (Fsp3) is 0.421. The Hall–Kier alpha value is -2.95. The lowest BCUT2D eigenvalue weighted by atomic mass is 10.1. The Bertz CT molecular complexity index is 992. The Balaban J connectivity index is 1.93. The highest BCUT2D eigenvalue weighted by Crippen LogP contribution is 2.31. The lowest BCUT2D eigenvalue weighted by molar-refractivity contribution is -0.258. The largest absolute Gasteiger partial charge is 0.421 e. The average Bonchev–Trinajstić information content (AvgIpc) is 3.14. The third kappa shape index (κ3) is 4.45. The number of halogens is 4. The van der Waals surface area contributed by atoms with E-state index < -0.39 is 25.0 Å². The molecule has 0 amide bonds. The van der Waals surface area contributed by atoms with Gasteiger partial charge in [0.25, 0.3) is 0 Å². The van der Waals surface area contributed by atoms with Gasteiger partial charge < -0.3 is 20.3 Å². The minimum atomic E-state index is -5.15. The van der Waals surface area contributed by atoms with Crippen molar-refractivity contribution in [2.45, 2.75) is 38.2 Å². The number of alkyl halides is 4. The van der Waals surface area contributed by atoms with E-state index in [4.69, 9.17) is 0 Å². The second-order valence-electron chi connectivity index (χ2n) is 7.17. The molecule has 3 N–H and O–H groups in total. The Morgan fingerprint density at radius 1 is 1.10 bits per heavy atom. The molecule has 0 radical (unpaired) electrons. The zero-order valence-corrected chi connectivity index (χ0v) is 16.4. The van der Waals surface area contributed by atoms with E-state index in [0.717, 1.165) is 5.56 Å². The number of rotatable bonds is 8. The van der Waals surface area contributed by atoms with Gasteiger partial charge in [-0.2, -0.15) is 23.1 Å². The van der Waals surface area contributed by atoms with Crippen LogP contribution in [-0.2, 0) is 6.54 Å². The smallest absolute Gasteiger partial charge is 0.377 e. The highest BCUT2D eigenvalue weighted by molar-refractivity contribution is 5.84. The zero-order valence-electron chi connectivity index (χ0n) is 16.4. The highest BCUT2D eigenvalue weighted by Gasteiger charge is 2.54. The van der Waals surface area contributed by atoms with Gasteiger partial charge in [-0.05, 0) is 19.4 Å². The van der Waals surface area contributed by atoms with E-state index in [-0.39, 0.29) is 12.0 Å². The molecule has 11 heteroatoms. The van der Waals surface area contributed by atoms with Crippen LogP contribution >= 0.6 is 0 Å². The first kappa shape index (κ1) is 21.8. The summed E-state index contributed by atoms with van der Waals surface area (Å²) in [5.74, 6) is 0.123. The number of nitrogens with one attached hydrogen (secondary N) is 2. The minimum absolute atomic E-state index is 0.0160. The summed E-state index contributed by atoms with van der Waals surface area (Å²) in [5.41, 5.74) is -1.73. The minimum Gasteiger partial charge on any atom is -0.377 e. The van der Waals surface area contributed by atoms with Crippen molar-refractivity contribution in [2.75, 3.05) is 23.9 Å². The number of aliphatic hydroxyl groups is 1. The number of imidazole rings is 1. The summed E-state index contributed by atoms with van der Waals surface area (Å²) in [4.78, 5) is 12.7. The Labute approximate surface area is 170 Å². The van der Waals surface area contributed by atoms with Crippen molar-refractivity contribution in [1.82, 2.24) is 19.5 Å². The summed E-state index contributed by atoms with van der Waals surface area (Å²) in [6, 6.07) is 9.43. The van der Waals surface area contributed by atoms with Crippen LogP contribution in [-0.4, -0.2) is 49.6 Å².